The van der Waals surface area contributed by atoms with Crippen molar-refractivity contribution in [1.29, 1.82) is 5.26 Å². The van der Waals surface area contributed by atoms with Crippen molar-refractivity contribution in [2.45, 2.75) is 17.6 Å². The minimum atomic E-state index is 0.473. The van der Waals surface area contributed by atoms with Crippen molar-refractivity contribution in [1.82, 2.24) is 10.1 Å². The summed E-state index contributed by atoms with van der Waals surface area (Å²) in [6, 6.07) is 14.0. The molecule has 0 atom stereocenters. The molecule has 0 spiro atoms. The molecule has 0 unspecified atom stereocenters. The first-order valence-corrected chi connectivity index (χ1v) is 8.07. The largest absolute Gasteiger partial charge is 0.333 e. The first-order valence-electron chi connectivity index (χ1n) is 6.27. The summed E-state index contributed by atoms with van der Waals surface area (Å²) in [4.78, 5) is 7.00. The number of thioether (sulfide) groups is 1. The molecule has 0 N–H and O–H groups in total. The molecular weight excluding hydrogens is 302 g/mol. The van der Waals surface area contributed by atoms with E-state index in [1.54, 1.807) is 17.8 Å². The van der Waals surface area contributed by atoms with Crippen molar-refractivity contribution in [2.75, 3.05) is 0 Å². The summed E-state index contributed by atoms with van der Waals surface area (Å²) in [5, 5.41) is 12.8. The highest BCUT2D eigenvalue weighted by molar-refractivity contribution is 7.98. The van der Waals surface area contributed by atoms with Gasteiger partial charge in [-0.05, 0) is 31.2 Å². The van der Waals surface area contributed by atoms with E-state index >= 15 is 0 Å². The van der Waals surface area contributed by atoms with E-state index in [0.29, 0.717) is 22.3 Å². The van der Waals surface area contributed by atoms with Gasteiger partial charge in [0.2, 0.25) is 0 Å². The van der Waals surface area contributed by atoms with Crippen LogP contribution in [0.2, 0.25) is 0 Å². The SMILES string of the molecule is Cc1ccc(SCc2noc(-c3ccc(C#N)s3)n2)cc1. The number of aryl methyl sites for hydroxylation is 1. The van der Waals surface area contributed by atoms with Crippen LogP contribution in [0.5, 0.6) is 0 Å². The van der Waals surface area contributed by atoms with Crippen LogP contribution >= 0.6 is 23.1 Å². The number of rotatable bonds is 4. The number of aromatic nitrogens is 2. The molecular formula is C15H11N3OS2. The van der Waals surface area contributed by atoms with Gasteiger partial charge in [0.25, 0.3) is 5.89 Å². The number of nitrogens with zero attached hydrogens (tertiary/aromatic N) is 3. The second-order valence-electron chi connectivity index (χ2n) is 4.39. The van der Waals surface area contributed by atoms with Crippen LogP contribution in [-0.2, 0) is 5.75 Å². The third-order valence-electron chi connectivity index (χ3n) is 2.78. The maximum Gasteiger partial charge on any atom is 0.268 e. The normalized spacial score (nSPS) is 10.5. The number of hydrogen-bond donors (Lipinski definition) is 0. The first kappa shape index (κ1) is 13.9. The molecule has 0 radical (unpaired) electrons. The Morgan fingerprint density at radius 1 is 1.24 bits per heavy atom. The van der Waals surface area contributed by atoms with Gasteiger partial charge in [0, 0.05) is 4.90 Å². The van der Waals surface area contributed by atoms with Crippen molar-refractivity contribution < 1.29 is 4.52 Å². The first-order chi connectivity index (χ1) is 10.2. The molecule has 1 aromatic carbocycles. The fourth-order valence-corrected chi connectivity index (χ4v) is 3.17. The highest BCUT2D eigenvalue weighted by atomic mass is 32.2. The lowest BCUT2D eigenvalue weighted by atomic mass is 10.2. The third-order valence-corrected chi connectivity index (χ3v) is 4.77. The molecule has 3 aromatic rings. The lowest BCUT2D eigenvalue weighted by molar-refractivity contribution is 0.426. The van der Waals surface area contributed by atoms with E-state index in [1.165, 1.54) is 21.8 Å². The van der Waals surface area contributed by atoms with Gasteiger partial charge in [0.05, 0.1) is 10.6 Å². The topological polar surface area (TPSA) is 62.7 Å². The van der Waals surface area contributed by atoms with Crippen LogP contribution in [0, 0.1) is 18.3 Å². The number of nitriles is 1. The van der Waals surface area contributed by atoms with Crippen LogP contribution < -0.4 is 0 Å². The molecule has 0 aliphatic heterocycles. The smallest absolute Gasteiger partial charge is 0.268 e. The van der Waals surface area contributed by atoms with E-state index in [0.717, 1.165) is 4.88 Å². The minimum absolute atomic E-state index is 0.473. The Kier molecular flexibility index (Phi) is 4.04. The quantitative estimate of drug-likeness (QED) is 0.673. The van der Waals surface area contributed by atoms with E-state index in [1.807, 2.05) is 6.07 Å². The Labute approximate surface area is 130 Å². The van der Waals surface area contributed by atoms with Crippen molar-refractivity contribution >= 4 is 23.1 Å². The van der Waals surface area contributed by atoms with Crippen molar-refractivity contribution in [2.24, 2.45) is 0 Å². The van der Waals surface area contributed by atoms with Gasteiger partial charge in [-0.25, -0.2) is 0 Å². The minimum Gasteiger partial charge on any atom is -0.333 e. The summed E-state index contributed by atoms with van der Waals surface area (Å²) in [7, 11) is 0. The Morgan fingerprint density at radius 3 is 2.76 bits per heavy atom. The van der Waals surface area contributed by atoms with Gasteiger partial charge in [-0.15, -0.1) is 23.1 Å². The summed E-state index contributed by atoms with van der Waals surface area (Å²) in [6.07, 6.45) is 0. The number of thiophene rings is 1. The predicted octanol–water partition coefficient (Wildman–Crippen LogP) is 4.27. The van der Waals surface area contributed by atoms with Crippen LogP contribution in [0.1, 0.15) is 16.3 Å². The fraction of sp³-hybridized carbons (Fsp3) is 0.133. The molecule has 0 aliphatic carbocycles. The van der Waals surface area contributed by atoms with Gasteiger partial charge in [-0.1, -0.05) is 22.9 Å². The van der Waals surface area contributed by atoms with E-state index < -0.39 is 0 Å². The Bertz CT molecular complexity index is 784. The summed E-state index contributed by atoms with van der Waals surface area (Å²) in [6.45, 7) is 2.07. The Balaban J connectivity index is 1.68. The summed E-state index contributed by atoms with van der Waals surface area (Å²) in [5.41, 5.74) is 1.24. The zero-order chi connectivity index (χ0) is 14.7. The van der Waals surface area contributed by atoms with E-state index in [4.69, 9.17) is 9.78 Å². The second kappa shape index (κ2) is 6.12. The second-order valence-corrected chi connectivity index (χ2v) is 6.53. The maximum atomic E-state index is 8.82. The number of hydrogen-bond acceptors (Lipinski definition) is 6. The average Bonchev–Trinajstić information content (AvgIpc) is 3.15. The average molecular weight is 313 g/mol. The summed E-state index contributed by atoms with van der Waals surface area (Å²) >= 11 is 3.02. The van der Waals surface area contributed by atoms with Crippen molar-refractivity contribution in [3.63, 3.8) is 0 Å². The predicted molar refractivity (Wildman–Crippen MR) is 83.1 cm³/mol. The van der Waals surface area contributed by atoms with Crippen LogP contribution in [0.25, 0.3) is 10.8 Å². The molecule has 0 aliphatic rings. The standard InChI is InChI=1S/C15H11N3OS2/c1-10-2-4-11(5-3-10)20-9-14-17-15(19-18-14)13-7-6-12(8-16)21-13/h2-7H,9H2,1H3. The monoisotopic (exact) mass is 313 g/mol. The molecule has 21 heavy (non-hydrogen) atoms. The van der Waals surface area contributed by atoms with Crippen molar-refractivity contribution in [3.05, 3.63) is 52.7 Å². The zero-order valence-electron chi connectivity index (χ0n) is 11.2. The Morgan fingerprint density at radius 2 is 2.05 bits per heavy atom. The van der Waals surface area contributed by atoms with Crippen molar-refractivity contribution in [3.8, 4) is 16.8 Å². The highest BCUT2D eigenvalue weighted by Crippen LogP contribution is 2.27. The van der Waals surface area contributed by atoms with Crippen LogP contribution in [0.15, 0.2) is 45.8 Å². The van der Waals surface area contributed by atoms with Gasteiger partial charge in [-0.3, -0.25) is 0 Å². The fourth-order valence-electron chi connectivity index (χ4n) is 1.71. The summed E-state index contributed by atoms with van der Waals surface area (Å²) < 4.78 is 5.24. The molecule has 3 rings (SSSR count). The van der Waals surface area contributed by atoms with E-state index in [-0.39, 0.29) is 0 Å². The van der Waals surface area contributed by atoms with Gasteiger partial charge >= 0.3 is 0 Å². The molecule has 0 saturated heterocycles. The lowest BCUT2D eigenvalue weighted by Crippen LogP contribution is -1.83. The van der Waals surface area contributed by atoms with Crippen LogP contribution in [0.4, 0.5) is 0 Å². The molecule has 4 nitrogen and oxygen atoms in total. The molecule has 0 bridgehead atoms. The Hall–Kier alpha value is -2.10. The zero-order valence-corrected chi connectivity index (χ0v) is 12.9. The maximum absolute atomic E-state index is 8.82. The molecule has 2 aromatic heterocycles. The van der Waals surface area contributed by atoms with Gasteiger partial charge in [0.1, 0.15) is 10.9 Å². The van der Waals surface area contributed by atoms with Gasteiger partial charge in [-0.2, -0.15) is 10.2 Å². The van der Waals surface area contributed by atoms with E-state index in [9.17, 15) is 0 Å². The van der Waals surface area contributed by atoms with Crippen LogP contribution in [-0.4, -0.2) is 10.1 Å². The molecule has 2 heterocycles. The van der Waals surface area contributed by atoms with E-state index in [2.05, 4.69) is 47.4 Å². The highest BCUT2D eigenvalue weighted by Gasteiger charge is 2.11. The van der Waals surface area contributed by atoms with Gasteiger partial charge < -0.3 is 4.52 Å². The molecule has 0 amide bonds. The molecule has 0 saturated carbocycles. The molecule has 6 heteroatoms. The van der Waals surface area contributed by atoms with Crippen LogP contribution in [0.3, 0.4) is 0 Å². The molecule has 0 fully saturated rings. The third kappa shape index (κ3) is 3.32. The lowest BCUT2D eigenvalue weighted by Gasteiger charge is -1.98. The van der Waals surface area contributed by atoms with Gasteiger partial charge in [0.15, 0.2) is 5.82 Å². The summed E-state index contributed by atoms with van der Waals surface area (Å²) in [5.74, 6) is 1.78. The number of benzene rings is 1. The molecule has 104 valence electrons.